The lowest BCUT2D eigenvalue weighted by molar-refractivity contribution is -0.00852. The summed E-state index contributed by atoms with van der Waals surface area (Å²) in [5.74, 6) is 0. The van der Waals surface area contributed by atoms with Gasteiger partial charge in [0.15, 0.2) is 0 Å². The molecule has 0 aliphatic heterocycles. The minimum Gasteiger partial charge on any atom is -0.443 e. The van der Waals surface area contributed by atoms with Gasteiger partial charge in [-0.15, -0.1) is 0 Å². The van der Waals surface area contributed by atoms with Crippen molar-refractivity contribution in [3.8, 4) is 0 Å². The molecule has 0 aliphatic rings. The molecule has 10 heteroatoms. The Labute approximate surface area is 195 Å². The highest BCUT2D eigenvalue weighted by Crippen LogP contribution is 2.26. The van der Waals surface area contributed by atoms with E-state index in [1.165, 1.54) is 18.3 Å². The Bertz CT molecular complexity index is 1090. The number of aryl methyl sites for hydroxylation is 1. The number of hydrazine groups is 1. The number of nitrogens with zero attached hydrogens (tertiary/aromatic N) is 2. The van der Waals surface area contributed by atoms with Crippen molar-refractivity contribution in [3.63, 3.8) is 0 Å². The first-order valence-electron chi connectivity index (χ1n) is 10.5. The first kappa shape index (κ1) is 26.2. The minimum absolute atomic E-state index is 0.0988. The van der Waals surface area contributed by atoms with Gasteiger partial charge in [-0.2, -0.15) is 0 Å². The van der Waals surface area contributed by atoms with Crippen LogP contribution in [-0.4, -0.2) is 40.8 Å². The van der Waals surface area contributed by atoms with Gasteiger partial charge in [-0.05, 0) is 79.7 Å². The zero-order valence-corrected chi connectivity index (χ0v) is 21.2. The van der Waals surface area contributed by atoms with Gasteiger partial charge in [-0.25, -0.2) is 32.4 Å². The van der Waals surface area contributed by atoms with Gasteiger partial charge in [0.2, 0.25) is 0 Å². The standard InChI is InChI=1S/C23H33N3O6S/c1-16-11-13-18(14-12-16)33(29,30)25-15-9-10-19(25)17(2)26(21(28)32-23(6,7)8)24-20(27)31-22(3,4)5/h9-15,17H,1-8H3,(H,24,27). The molecular formula is C23H33N3O6S. The van der Waals surface area contributed by atoms with E-state index in [0.717, 1.165) is 14.5 Å². The predicted octanol–water partition coefficient (Wildman–Crippen LogP) is 4.77. The molecule has 0 spiro atoms. The van der Waals surface area contributed by atoms with Gasteiger partial charge in [-0.3, -0.25) is 0 Å². The molecule has 0 aliphatic carbocycles. The maximum absolute atomic E-state index is 13.3. The molecule has 0 saturated carbocycles. The third-order valence-corrected chi connectivity index (χ3v) is 6.06. The Morgan fingerprint density at radius 1 is 0.970 bits per heavy atom. The fraction of sp³-hybridized carbons (Fsp3) is 0.478. The lowest BCUT2D eigenvalue weighted by atomic mass is 10.2. The van der Waals surface area contributed by atoms with Crippen LogP contribution in [0.1, 0.15) is 65.8 Å². The third kappa shape index (κ3) is 6.98. The third-order valence-electron chi connectivity index (χ3n) is 4.34. The van der Waals surface area contributed by atoms with Crippen molar-refractivity contribution >= 4 is 22.2 Å². The first-order valence-corrected chi connectivity index (χ1v) is 12.0. The van der Waals surface area contributed by atoms with Gasteiger partial charge >= 0.3 is 12.2 Å². The highest BCUT2D eigenvalue weighted by Gasteiger charge is 2.33. The van der Waals surface area contributed by atoms with Crippen LogP contribution in [0.15, 0.2) is 47.5 Å². The van der Waals surface area contributed by atoms with Gasteiger partial charge in [0.05, 0.1) is 16.6 Å². The maximum atomic E-state index is 13.3. The number of nitrogens with one attached hydrogen (secondary N) is 1. The van der Waals surface area contributed by atoms with Crippen molar-refractivity contribution in [2.45, 2.75) is 77.5 Å². The summed E-state index contributed by atoms with van der Waals surface area (Å²) < 4.78 is 38.3. The summed E-state index contributed by atoms with van der Waals surface area (Å²) in [5, 5.41) is 0.926. The summed E-state index contributed by atoms with van der Waals surface area (Å²) in [7, 11) is -3.95. The van der Waals surface area contributed by atoms with E-state index in [-0.39, 0.29) is 10.6 Å². The van der Waals surface area contributed by atoms with Crippen LogP contribution in [0.4, 0.5) is 9.59 Å². The molecule has 0 radical (unpaired) electrons. The normalized spacial score (nSPS) is 13.2. The van der Waals surface area contributed by atoms with Crippen LogP contribution in [0.2, 0.25) is 0 Å². The van der Waals surface area contributed by atoms with Gasteiger partial charge in [0.1, 0.15) is 11.2 Å². The van der Waals surface area contributed by atoms with E-state index in [1.807, 2.05) is 6.92 Å². The second-order valence-corrected chi connectivity index (χ2v) is 11.5. The molecule has 33 heavy (non-hydrogen) atoms. The molecule has 1 N–H and O–H groups in total. The van der Waals surface area contributed by atoms with Gasteiger partial charge < -0.3 is 9.47 Å². The summed E-state index contributed by atoms with van der Waals surface area (Å²) in [4.78, 5) is 25.5. The Hall–Kier alpha value is -3.01. The molecule has 1 aromatic heterocycles. The number of aromatic nitrogens is 1. The van der Waals surface area contributed by atoms with E-state index in [2.05, 4.69) is 5.43 Å². The van der Waals surface area contributed by atoms with Crippen LogP contribution in [0.25, 0.3) is 0 Å². The van der Waals surface area contributed by atoms with Crippen molar-refractivity contribution < 1.29 is 27.5 Å². The quantitative estimate of drug-likeness (QED) is 0.633. The van der Waals surface area contributed by atoms with Crippen molar-refractivity contribution in [1.82, 2.24) is 14.4 Å². The Balaban J connectivity index is 2.45. The van der Waals surface area contributed by atoms with Crippen LogP contribution < -0.4 is 5.43 Å². The fourth-order valence-corrected chi connectivity index (χ4v) is 4.32. The summed E-state index contributed by atoms with van der Waals surface area (Å²) in [6.45, 7) is 13.6. The van der Waals surface area contributed by atoms with Crippen LogP contribution in [-0.2, 0) is 19.5 Å². The van der Waals surface area contributed by atoms with E-state index in [9.17, 15) is 18.0 Å². The van der Waals surface area contributed by atoms with Crippen molar-refractivity contribution in [2.75, 3.05) is 0 Å². The van der Waals surface area contributed by atoms with Gasteiger partial charge in [0.25, 0.3) is 10.0 Å². The summed E-state index contributed by atoms with van der Waals surface area (Å²) in [6, 6.07) is 8.64. The fourth-order valence-electron chi connectivity index (χ4n) is 2.89. The average molecular weight is 480 g/mol. The number of carbonyl (C=O) groups is 2. The Morgan fingerprint density at radius 3 is 2.03 bits per heavy atom. The summed E-state index contributed by atoms with van der Waals surface area (Å²) in [5.41, 5.74) is 1.92. The second kappa shape index (κ2) is 9.46. The number of ether oxygens (including phenoxy) is 2. The highest BCUT2D eigenvalue weighted by molar-refractivity contribution is 7.90. The molecule has 0 saturated heterocycles. The topological polar surface area (TPSA) is 107 Å². The Kier molecular flexibility index (Phi) is 7.53. The van der Waals surface area contributed by atoms with Crippen molar-refractivity contribution in [3.05, 3.63) is 53.9 Å². The molecule has 0 bridgehead atoms. The molecule has 1 atom stereocenters. The molecule has 0 fully saturated rings. The number of rotatable bonds is 4. The molecule has 2 amide bonds. The number of benzene rings is 1. The van der Waals surface area contributed by atoms with Crippen molar-refractivity contribution in [1.29, 1.82) is 0 Å². The van der Waals surface area contributed by atoms with Crippen LogP contribution >= 0.6 is 0 Å². The van der Waals surface area contributed by atoms with Crippen LogP contribution in [0, 0.1) is 6.92 Å². The van der Waals surface area contributed by atoms with E-state index in [1.54, 1.807) is 72.7 Å². The van der Waals surface area contributed by atoms with Crippen LogP contribution in [0.5, 0.6) is 0 Å². The molecule has 9 nitrogen and oxygen atoms in total. The monoisotopic (exact) mass is 479 g/mol. The molecule has 2 rings (SSSR count). The number of hydrogen-bond acceptors (Lipinski definition) is 6. The maximum Gasteiger partial charge on any atom is 0.429 e. The van der Waals surface area contributed by atoms with E-state index >= 15 is 0 Å². The van der Waals surface area contributed by atoms with E-state index in [0.29, 0.717) is 0 Å². The number of hydrogen-bond donors (Lipinski definition) is 1. The molecule has 182 valence electrons. The van der Waals surface area contributed by atoms with E-state index in [4.69, 9.17) is 9.47 Å². The number of carbonyl (C=O) groups excluding carboxylic acids is 2. The SMILES string of the molecule is Cc1ccc(S(=O)(=O)n2cccc2C(C)N(NC(=O)OC(C)(C)C)C(=O)OC(C)(C)C)cc1. The summed E-state index contributed by atoms with van der Waals surface area (Å²) >= 11 is 0. The van der Waals surface area contributed by atoms with Gasteiger partial charge in [-0.1, -0.05) is 17.7 Å². The second-order valence-electron chi connectivity index (χ2n) is 9.69. The largest absolute Gasteiger partial charge is 0.443 e. The Morgan fingerprint density at radius 2 is 1.52 bits per heavy atom. The lowest BCUT2D eigenvalue weighted by Crippen LogP contribution is -2.51. The molecular weight excluding hydrogens is 446 g/mol. The predicted molar refractivity (Wildman–Crippen MR) is 124 cm³/mol. The smallest absolute Gasteiger partial charge is 0.429 e. The van der Waals surface area contributed by atoms with E-state index < -0.39 is 39.5 Å². The minimum atomic E-state index is -3.95. The highest BCUT2D eigenvalue weighted by atomic mass is 32.2. The lowest BCUT2D eigenvalue weighted by Gasteiger charge is -2.32. The van der Waals surface area contributed by atoms with Crippen molar-refractivity contribution in [2.24, 2.45) is 0 Å². The van der Waals surface area contributed by atoms with Crippen LogP contribution in [0.3, 0.4) is 0 Å². The summed E-state index contributed by atoms with van der Waals surface area (Å²) in [6.07, 6.45) is -0.344. The number of amides is 2. The molecule has 1 heterocycles. The van der Waals surface area contributed by atoms with Gasteiger partial charge in [0, 0.05) is 6.20 Å². The zero-order valence-electron chi connectivity index (χ0n) is 20.4. The molecule has 1 aromatic carbocycles. The average Bonchev–Trinajstić information content (AvgIpc) is 3.14. The molecule has 1 unspecified atom stereocenters. The zero-order chi connectivity index (χ0) is 25.2. The molecule has 2 aromatic rings. The first-order chi connectivity index (χ1) is 15.0.